The van der Waals surface area contributed by atoms with Crippen LogP contribution in [-0.4, -0.2) is 62.1 Å². The van der Waals surface area contributed by atoms with E-state index in [9.17, 15) is 8.78 Å². The second-order valence-electron chi connectivity index (χ2n) is 5.37. The van der Waals surface area contributed by atoms with Crippen LogP contribution >= 0.6 is 0 Å². The smallest absolute Gasteiger partial charge is 0.193 e. The highest BCUT2D eigenvalue weighted by atomic mass is 19.1. The molecular weight excluding hydrogens is 276 g/mol. The molecule has 0 saturated carbocycles. The summed E-state index contributed by atoms with van der Waals surface area (Å²) in [6.07, 6.45) is 0. The first kappa shape index (κ1) is 15.7. The zero-order valence-corrected chi connectivity index (χ0v) is 12.3. The Morgan fingerprint density at radius 2 is 2.14 bits per heavy atom. The zero-order valence-electron chi connectivity index (χ0n) is 12.3. The van der Waals surface area contributed by atoms with E-state index >= 15 is 0 Å². The van der Waals surface area contributed by atoms with Crippen LogP contribution in [0, 0.1) is 11.6 Å². The lowest BCUT2D eigenvalue weighted by atomic mass is 10.2. The minimum absolute atomic E-state index is 0.00892. The summed E-state index contributed by atoms with van der Waals surface area (Å²) >= 11 is 0. The molecule has 21 heavy (non-hydrogen) atoms. The molecule has 2 rings (SSSR count). The van der Waals surface area contributed by atoms with Crippen molar-refractivity contribution in [1.82, 2.24) is 9.80 Å². The summed E-state index contributed by atoms with van der Waals surface area (Å²) in [6, 6.07) is 3.43. The van der Waals surface area contributed by atoms with Crippen LogP contribution in [0.5, 0.6) is 0 Å². The molecule has 116 valence electrons. The van der Waals surface area contributed by atoms with Crippen molar-refractivity contribution in [1.29, 1.82) is 0 Å². The number of nitrogens with zero attached hydrogens (tertiary/aromatic N) is 3. The number of hydrogen-bond donors (Lipinski definition) is 2. The molecule has 7 heteroatoms. The van der Waals surface area contributed by atoms with E-state index in [1.807, 2.05) is 7.05 Å². The maximum Gasteiger partial charge on any atom is 0.193 e. The first-order valence-corrected chi connectivity index (χ1v) is 6.86. The number of guanidine groups is 1. The molecule has 1 atom stereocenters. The SMILES string of the molecule is CN1CCN(C)C(CN=C(N)Nc2cc(F)ccc2F)C1. The molecule has 1 aliphatic rings. The third-order valence-corrected chi connectivity index (χ3v) is 3.64. The van der Waals surface area contributed by atoms with Crippen molar-refractivity contribution in [2.24, 2.45) is 10.7 Å². The Labute approximate surface area is 123 Å². The predicted octanol–water partition coefficient (Wildman–Crippen LogP) is 0.937. The first-order valence-electron chi connectivity index (χ1n) is 6.86. The van der Waals surface area contributed by atoms with Gasteiger partial charge in [-0.3, -0.25) is 9.89 Å². The lowest BCUT2D eigenvalue weighted by molar-refractivity contribution is 0.119. The summed E-state index contributed by atoms with van der Waals surface area (Å²) in [6.45, 7) is 3.42. The van der Waals surface area contributed by atoms with Gasteiger partial charge in [-0.2, -0.15) is 0 Å². The molecule has 0 bridgehead atoms. The number of benzene rings is 1. The van der Waals surface area contributed by atoms with Gasteiger partial charge in [0.1, 0.15) is 11.6 Å². The van der Waals surface area contributed by atoms with Crippen LogP contribution in [0.2, 0.25) is 0 Å². The van der Waals surface area contributed by atoms with Crippen LogP contribution in [0.15, 0.2) is 23.2 Å². The summed E-state index contributed by atoms with van der Waals surface area (Å²) in [4.78, 5) is 8.68. The Balaban J connectivity index is 1.96. The third-order valence-electron chi connectivity index (χ3n) is 3.64. The van der Waals surface area contributed by atoms with E-state index in [0.717, 1.165) is 37.8 Å². The summed E-state index contributed by atoms with van der Waals surface area (Å²) in [5, 5.41) is 2.60. The molecule has 3 N–H and O–H groups in total. The third kappa shape index (κ3) is 4.37. The van der Waals surface area contributed by atoms with E-state index in [2.05, 4.69) is 27.2 Å². The average Bonchev–Trinajstić information content (AvgIpc) is 2.44. The first-order chi connectivity index (χ1) is 9.95. The van der Waals surface area contributed by atoms with Crippen molar-refractivity contribution in [3.63, 3.8) is 0 Å². The fourth-order valence-corrected chi connectivity index (χ4v) is 2.27. The number of rotatable bonds is 3. The zero-order chi connectivity index (χ0) is 15.4. The molecule has 5 nitrogen and oxygen atoms in total. The molecule has 0 aromatic heterocycles. The van der Waals surface area contributed by atoms with E-state index in [1.54, 1.807) is 0 Å². The fraction of sp³-hybridized carbons (Fsp3) is 0.500. The second-order valence-corrected chi connectivity index (χ2v) is 5.37. The predicted molar refractivity (Wildman–Crippen MR) is 80.4 cm³/mol. The lowest BCUT2D eigenvalue weighted by Crippen LogP contribution is -2.51. The topological polar surface area (TPSA) is 56.9 Å². The van der Waals surface area contributed by atoms with Gasteiger partial charge in [-0.05, 0) is 26.2 Å². The Hall–Kier alpha value is -1.73. The lowest BCUT2D eigenvalue weighted by Gasteiger charge is -2.36. The van der Waals surface area contributed by atoms with Gasteiger partial charge < -0.3 is 16.0 Å². The van der Waals surface area contributed by atoms with Gasteiger partial charge in [0, 0.05) is 31.7 Å². The van der Waals surface area contributed by atoms with Crippen LogP contribution < -0.4 is 11.1 Å². The minimum Gasteiger partial charge on any atom is -0.370 e. The van der Waals surface area contributed by atoms with Crippen molar-refractivity contribution in [2.45, 2.75) is 6.04 Å². The van der Waals surface area contributed by atoms with Crippen molar-refractivity contribution >= 4 is 11.6 Å². The molecule has 1 saturated heterocycles. The summed E-state index contributed by atoms with van der Waals surface area (Å²) in [5.41, 5.74) is 5.73. The van der Waals surface area contributed by atoms with Crippen LogP contribution in [0.4, 0.5) is 14.5 Å². The number of piperazine rings is 1. The highest BCUT2D eigenvalue weighted by Gasteiger charge is 2.21. The quantitative estimate of drug-likeness (QED) is 0.644. The van der Waals surface area contributed by atoms with E-state index in [0.29, 0.717) is 6.54 Å². The van der Waals surface area contributed by atoms with Crippen LogP contribution in [-0.2, 0) is 0 Å². The van der Waals surface area contributed by atoms with Crippen molar-refractivity contribution in [3.05, 3.63) is 29.8 Å². The van der Waals surface area contributed by atoms with Gasteiger partial charge in [0.2, 0.25) is 0 Å². The molecular formula is C14H21F2N5. The largest absolute Gasteiger partial charge is 0.370 e. The average molecular weight is 297 g/mol. The highest BCUT2D eigenvalue weighted by Crippen LogP contribution is 2.14. The maximum absolute atomic E-state index is 13.5. The Morgan fingerprint density at radius 3 is 2.90 bits per heavy atom. The monoisotopic (exact) mass is 297 g/mol. The van der Waals surface area contributed by atoms with Gasteiger partial charge in [0.05, 0.1) is 12.2 Å². The second kappa shape index (κ2) is 6.82. The van der Waals surface area contributed by atoms with Gasteiger partial charge in [0.25, 0.3) is 0 Å². The van der Waals surface area contributed by atoms with Crippen molar-refractivity contribution in [3.8, 4) is 0 Å². The molecule has 0 spiro atoms. The van der Waals surface area contributed by atoms with Crippen LogP contribution in [0.1, 0.15) is 0 Å². The van der Waals surface area contributed by atoms with Crippen LogP contribution in [0.25, 0.3) is 0 Å². The molecule has 0 amide bonds. The summed E-state index contributed by atoms with van der Waals surface area (Å²) in [5.74, 6) is -1.01. The molecule has 1 aromatic rings. The summed E-state index contributed by atoms with van der Waals surface area (Å²) in [7, 11) is 4.11. The van der Waals surface area contributed by atoms with Gasteiger partial charge >= 0.3 is 0 Å². The number of likely N-dealkylation sites (N-methyl/N-ethyl adjacent to an activating group) is 2. The molecule has 1 aliphatic heterocycles. The van der Waals surface area contributed by atoms with Gasteiger partial charge in [0.15, 0.2) is 5.96 Å². The molecule has 1 heterocycles. The summed E-state index contributed by atoms with van der Waals surface area (Å²) < 4.78 is 26.6. The number of nitrogens with two attached hydrogens (primary N) is 1. The molecule has 1 aromatic carbocycles. The molecule has 0 radical (unpaired) electrons. The molecule has 0 aliphatic carbocycles. The van der Waals surface area contributed by atoms with Gasteiger partial charge in [-0.1, -0.05) is 0 Å². The van der Waals surface area contributed by atoms with Crippen molar-refractivity contribution in [2.75, 3.05) is 45.6 Å². The van der Waals surface area contributed by atoms with E-state index in [4.69, 9.17) is 5.73 Å². The normalized spacial score (nSPS) is 21.5. The Morgan fingerprint density at radius 1 is 1.38 bits per heavy atom. The molecule has 1 fully saturated rings. The number of halogens is 2. The van der Waals surface area contributed by atoms with Crippen LogP contribution in [0.3, 0.4) is 0 Å². The number of hydrogen-bond acceptors (Lipinski definition) is 3. The number of nitrogens with one attached hydrogen (secondary N) is 1. The van der Waals surface area contributed by atoms with E-state index < -0.39 is 11.6 Å². The fourth-order valence-electron chi connectivity index (χ4n) is 2.27. The number of aliphatic imine (C=N–C) groups is 1. The maximum atomic E-state index is 13.5. The Bertz CT molecular complexity index is 520. The minimum atomic E-state index is -0.566. The highest BCUT2D eigenvalue weighted by molar-refractivity contribution is 5.92. The van der Waals surface area contributed by atoms with E-state index in [1.165, 1.54) is 0 Å². The number of anilines is 1. The van der Waals surface area contributed by atoms with Gasteiger partial charge in [-0.15, -0.1) is 0 Å². The van der Waals surface area contributed by atoms with Crippen molar-refractivity contribution < 1.29 is 8.78 Å². The molecule has 1 unspecified atom stereocenters. The van der Waals surface area contributed by atoms with Gasteiger partial charge in [-0.25, -0.2) is 8.78 Å². The van der Waals surface area contributed by atoms with E-state index in [-0.39, 0.29) is 17.7 Å². The standard InChI is InChI=1S/C14H21F2N5/c1-20-5-6-21(2)11(9-20)8-18-14(17)19-13-7-10(15)3-4-12(13)16/h3-4,7,11H,5-6,8-9H2,1-2H3,(H3,17,18,19). The Kier molecular flexibility index (Phi) is 5.08.